The van der Waals surface area contributed by atoms with Crippen LogP contribution < -0.4 is 15.4 Å². The van der Waals surface area contributed by atoms with Gasteiger partial charge in [-0.1, -0.05) is 13.0 Å². The minimum atomic E-state index is -3.05. The number of piperidine rings is 1. The van der Waals surface area contributed by atoms with E-state index in [0.29, 0.717) is 29.7 Å². The van der Waals surface area contributed by atoms with Gasteiger partial charge in [0.05, 0.1) is 5.75 Å². The van der Waals surface area contributed by atoms with Crippen LogP contribution in [0, 0.1) is 11.8 Å². The summed E-state index contributed by atoms with van der Waals surface area (Å²) >= 11 is 0. The van der Waals surface area contributed by atoms with E-state index >= 15 is 0 Å². The van der Waals surface area contributed by atoms with Crippen molar-refractivity contribution in [1.82, 2.24) is 5.32 Å². The van der Waals surface area contributed by atoms with Crippen LogP contribution in [0.1, 0.15) is 26.2 Å². The molecule has 1 saturated heterocycles. The van der Waals surface area contributed by atoms with E-state index in [1.807, 2.05) is 0 Å². The molecule has 1 aliphatic rings. The summed E-state index contributed by atoms with van der Waals surface area (Å²) in [7, 11) is -3.05. The second-order valence-electron chi connectivity index (χ2n) is 6.84. The van der Waals surface area contributed by atoms with Gasteiger partial charge in [0.2, 0.25) is 5.91 Å². The number of benzene rings is 1. The maximum absolute atomic E-state index is 12.3. The summed E-state index contributed by atoms with van der Waals surface area (Å²) in [5.74, 6) is 1.39. The molecule has 1 aromatic rings. The summed E-state index contributed by atoms with van der Waals surface area (Å²) < 4.78 is 27.7. The number of carbonyl (C=O) groups is 1. The average molecular weight is 405 g/mol. The zero-order chi connectivity index (χ0) is 18.3. The first-order valence-electron chi connectivity index (χ1n) is 8.74. The summed E-state index contributed by atoms with van der Waals surface area (Å²) in [6.07, 6.45) is 4.01. The van der Waals surface area contributed by atoms with Gasteiger partial charge in [-0.05, 0) is 49.9 Å². The molecule has 0 spiro atoms. The fraction of sp³-hybridized carbons (Fsp3) is 0.611. The molecule has 8 heteroatoms. The summed E-state index contributed by atoms with van der Waals surface area (Å²) in [5.41, 5.74) is 0.663. The zero-order valence-corrected chi connectivity index (χ0v) is 17.0. The molecule has 0 radical (unpaired) electrons. The Bertz CT molecular complexity index is 676. The van der Waals surface area contributed by atoms with Crippen LogP contribution in [0.4, 0.5) is 5.69 Å². The van der Waals surface area contributed by atoms with Crippen molar-refractivity contribution in [2.24, 2.45) is 11.8 Å². The van der Waals surface area contributed by atoms with Crippen molar-refractivity contribution in [2.75, 3.05) is 37.0 Å². The number of hydrogen-bond donors (Lipinski definition) is 2. The Hall–Kier alpha value is -1.31. The van der Waals surface area contributed by atoms with Crippen molar-refractivity contribution in [3.63, 3.8) is 0 Å². The number of anilines is 1. The van der Waals surface area contributed by atoms with Crippen LogP contribution in [0.25, 0.3) is 0 Å². The fourth-order valence-electron chi connectivity index (χ4n) is 3.01. The van der Waals surface area contributed by atoms with Crippen LogP contribution in [0.5, 0.6) is 5.75 Å². The number of rotatable bonds is 8. The van der Waals surface area contributed by atoms with Crippen molar-refractivity contribution in [3.05, 3.63) is 24.3 Å². The van der Waals surface area contributed by atoms with Crippen LogP contribution in [0.2, 0.25) is 0 Å². The quantitative estimate of drug-likeness (QED) is 0.695. The first-order valence-corrected chi connectivity index (χ1v) is 10.8. The molecule has 1 aromatic carbocycles. The van der Waals surface area contributed by atoms with Crippen molar-refractivity contribution in [2.45, 2.75) is 26.2 Å². The molecule has 1 heterocycles. The molecule has 0 bridgehead atoms. The number of halogens is 1. The molecule has 26 heavy (non-hydrogen) atoms. The van der Waals surface area contributed by atoms with Crippen LogP contribution in [0.15, 0.2) is 24.3 Å². The number of nitrogens with one attached hydrogen (secondary N) is 2. The van der Waals surface area contributed by atoms with Crippen LogP contribution >= 0.6 is 12.4 Å². The predicted octanol–water partition coefficient (Wildman–Crippen LogP) is 2.50. The molecule has 2 unspecified atom stereocenters. The molecule has 0 aliphatic carbocycles. The summed E-state index contributed by atoms with van der Waals surface area (Å²) in [4.78, 5) is 12.3. The van der Waals surface area contributed by atoms with Crippen LogP contribution in [-0.2, 0) is 14.6 Å². The molecule has 1 fully saturated rings. The van der Waals surface area contributed by atoms with Gasteiger partial charge in [-0.15, -0.1) is 12.4 Å². The second-order valence-corrected chi connectivity index (χ2v) is 9.10. The molecule has 0 saturated carbocycles. The van der Waals surface area contributed by atoms with Gasteiger partial charge in [0.1, 0.15) is 12.4 Å². The maximum atomic E-state index is 12.3. The Balaban J connectivity index is 0.00000338. The van der Waals surface area contributed by atoms with Gasteiger partial charge in [0, 0.05) is 24.4 Å². The first-order chi connectivity index (χ1) is 11.8. The van der Waals surface area contributed by atoms with E-state index in [4.69, 9.17) is 4.74 Å². The number of hydrogen-bond acceptors (Lipinski definition) is 5. The fourth-order valence-corrected chi connectivity index (χ4v) is 3.40. The van der Waals surface area contributed by atoms with Gasteiger partial charge in [0.25, 0.3) is 0 Å². The van der Waals surface area contributed by atoms with Gasteiger partial charge < -0.3 is 15.4 Å². The lowest BCUT2D eigenvalue weighted by atomic mass is 9.85. The molecular formula is C18H29ClN2O4S. The Morgan fingerprint density at radius 3 is 2.85 bits per heavy atom. The lowest BCUT2D eigenvalue weighted by Crippen LogP contribution is -2.34. The Kier molecular flexibility index (Phi) is 9.39. The minimum Gasteiger partial charge on any atom is -0.492 e. The maximum Gasteiger partial charge on any atom is 0.224 e. The van der Waals surface area contributed by atoms with E-state index in [9.17, 15) is 13.2 Å². The standard InChI is InChI=1S/C18H28N2O4S.ClH/c1-14(15-5-4-8-19-13-15)11-18(21)20-16-6-3-7-17(12-16)24-9-10-25(2,22)23;/h3,6-7,12,14-15,19H,4-5,8-11,13H2,1-2H3,(H,20,21);1H. The molecule has 2 N–H and O–H groups in total. The molecule has 0 aromatic heterocycles. The van der Waals surface area contributed by atoms with Crippen molar-refractivity contribution >= 4 is 33.8 Å². The first kappa shape index (κ1) is 22.7. The van der Waals surface area contributed by atoms with E-state index in [-0.39, 0.29) is 30.7 Å². The van der Waals surface area contributed by atoms with Gasteiger partial charge >= 0.3 is 0 Å². The molecule has 1 amide bonds. The van der Waals surface area contributed by atoms with Gasteiger partial charge in [-0.3, -0.25) is 4.79 Å². The van der Waals surface area contributed by atoms with Crippen molar-refractivity contribution in [1.29, 1.82) is 0 Å². The Morgan fingerprint density at radius 2 is 2.19 bits per heavy atom. The van der Waals surface area contributed by atoms with Crippen LogP contribution in [0.3, 0.4) is 0 Å². The largest absolute Gasteiger partial charge is 0.492 e. The normalized spacial score (nSPS) is 18.5. The molecular weight excluding hydrogens is 376 g/mol. The molecule has 2 atom stereocenters. The van der Waals surface area contributed by atoms with E-state index in [0.717, 1.165) is 13.1 Å². The SMILES string of the molecule is CC(CC(=O)Nc1cccc(OCCS(C)(=O)=O)c1)C1CCCNC1.Cl. The molecule has 1 aliphatic heterocycles. The lowest BCUT2D eigenvalue weighted by molar-refractivity contribution is -0.117. The molecule has 6 nitrogen and oxygen atoms in total. The van der Waals surface area contributed by atoms with Crippen molar-refractivity contribution in [3.8, 4) is 5.75 Å². The third-order valence-electron chi connectivity index (χ3n) is 4.49. The summed E-state index contributed by atoms with van der Waals surface area (Å²) in [5, 5.41) is 6.29. The lowest BCUT2D eigenvalue weighted by Gasteiger charge is -2.28. The Labute approximate surface area is 162 Å². The summed E-state index contributed by atoms with van der Waals surface area (Å²) in [6, 6.07) is 7.04. The van der Waals surface area contributed by atoms with Gasteiger partial charge in [-0.2, -0.15) is 0 Å². The highest BCUT2D eigenvalue weighted by Crippen LogP contribution is 2.23. The van der Waals surface area contributed by atoms with E-state index in [1.165, 1.54) is 19.1 Å². The average Bonchev–Trinajstić information content (AvgIpc) is 2.54. The number of sulfone groups is 1. The van der Waals surface area contributed by atoms with E-state index < -0.39 is 9.84 Å². The molecule has 148 valence electrons. The topological polar surface area (TPSA) is 84.5 Å². The summed E-state index contributed by atoms with van der Waals surface area (Å²) in [6.45, 7) is 4.28. The highest BCUT2D eigenvalue weighted by molar-refractivity contribution is 7.90. The number of amides is 1. The number of ether oxygens (including phenoxy) is 1. The van der Waals surface area contributed by atoms with Crippen LogP contribution in [-0.4, -0.2) is 46.0 Å². The monoisotopic (exact) mass is 404 g/mol. The third-order valence-corrected chi connectivity index (χ3v) is 5.40. The molecule has 2 rings (SSSR count). The van der Waals surface area contributed by atoms with Gasteiger partial charge in [0.15, 0.2) is 9.84 Å². The highest BCUT2D eigenvalue weighted by Gasteiger charge is 2.22. The number of carbonyl (C=O) groups excluding carboxylic acids is 1. The van der Waals surface area contributed by atoms with E-state index in [2.05, 4.69) is 17.6 Å². The zero-order valence-electron chi connectivity index (χ0n) is 15.4. The third kappa shape index (κ3) is 8.38. The minimum absolute atomic E-state index is 0. The van der Waals surface area contributed by atoms with E-state index in [1.54, 1.807) is 24.3 Å². The van der Waals surface area contributed by atoms with Crippen molar-refractivity contribution < 1.29 is 17.9 Å². The predicted molar refractivity (Wildman–Crippen MR) is 107 cm³/mol. The highest BCUT2D eigenvalue weighted by atomic mass is 35.5. The smallest absolute Gasteiger partial charge is 0.224 e. The second kappa shape index (κ2) is 10.7. The Morgan fingerprint density at radius 1 is 1.42 bits per heavy atom. The van der Waals surface area contributed by atoms with Gasteiger partial charge in [-0.25, -0.2) is 8.42 Å².